The molecule has 156 valence electrons. The minimum Gasteiger partial charge on any atom is -0.497 e. The summed E-state index contributed by atoms with van der Waals surface area (Å²) in [4.78, 5) is 2.11. The number of nitrogens with one attached hydrogen (secondary N) is 1. The molecule has 1 atom stereocenters. The van der Waals surface area contributed by atoms with Crippen molar-refractivity contribution >= 4 is 27.4 Å². The Morgan fingerprint density at radius 3 is 2.61 bits per heavy atom. The molecule has 0 radical (unpaired) electrons. The van der Waals surface area contributed by atoms with E-state index in [1.54, 1.807) is 12.1 Å². The summed E-state index contributed by atoms with van der Waals surface area (Å²) >= 11 is 5.46. The molecular weight excluding hydrogens is 402 g/mol. The Morgan fingerprint density at radius 2 is 2.00 bits per heavy atom. The average molecular weight is 430 g/mol. The molecule has 28 heavy (non-hydrogen) atoms. The fourth-order valence-corrected chi connectivity index (χ4v) is 5.23. The number of benzene rings is 1. The van der Waals surface area contributed by atoms with E-state index in [1.165, 1.54) is 24.6 Å². The van der Waals surface area contributed by atoms with Gasteiger partial charge in [-0.25, -0.2) is 8.42 Å². The van der Waals surface area contributed by atoms with Crippen molar-refractivity contribution in [3.8, 4) is 11.5 Å². The monoisotopic (exact) mass is 429 g/mol. The maximum absolute atomic E-state index is 13.1. The van der Waals surface area contributed by atoms with Crippen LogP contribution >= 0.6 is 12.2 Å². The third-order valence-electron chi connectivity index (χ3n) is 5.02. The van der Waals surface area contributed by atoms with Crippen molar-refractivity contribution < 1.29 is 22.6 Å². The van der Waals surface area contributed by atoms with Gasteiger partial charge in [-0.3, -0.25) is 0 Å². The molecule has 2 saturated heterocycles. The highest BCUT2D eigenvalue weighted by molar-refractivity contribution is 7.89. The van der Waals surface area contributed by atoms with E-state index >= 15 is 0 Å². The summed E-state index contributed by atoms with van der Waals surface area (Å²) in [6.07, 6.45) is 2.34. The lowest BCUT2D eigenvalue weighted by atomic mass is 10.2. The molecule has 0 aromatic heterocycles. The van der Waals surface area contributed by atoms with E-state index < -0.39 is 10.0 Å². The molecule has 2 aliphatic rings. The van der Waals surface area contributed by atoms with Gasteiger partial charge in [0.25, 0.3) is 0 Å². The van der Waals surface area contributed by atoms with Crippen LogP contribution in [-0.2, 0) is 14.8 Å². The number of methoxy groups -OCH3 is 2. The molecule has 0 unspecified atom stereocenters. The van der Waals surface area contributed by atoms with Gasteiger partial charge in [-0.2, -0.15) is 4.31 Å². The summed E-state index contributed by atoms with van der Waals surface area (Å²) in [7, 11) is -0.737. The van der Waals surface area contributed by atoms with E-state index in [0.717, 1.165) is 19.4 Å². The third kappa shape index (κ3) is 4.68. The van der Waals surface area contributed by atoms with Gasteiger partial charge in [0.15, 0.2) is 5.11 Å². The molecule has 1 aromatic carbocycles. The van der Waals surface area contributed by atoms with Crippen LogP contribution in [0.4, 0.5) is 0 Å². The van der Waals surface area contributed by atoms with Crippen molar-refractivity contribution in [2.75, 3.05) is 53.6 Å². The number of piperazine rings is 1. The topological polar surface area (TPSA) is 80.3 Å². The molecule has 2 fully saturated rings. The van der Waals surface area contributed by atoms with E-state index in [2.05, 4.69) is 5.32 Å². The minimum absolute atomic E-state index is 0.113. The van der Waals surface area contributed by atoms with Gasteiger partial charge < -0.3 is 24.4 Å². The van der Waals surface area contributed by atoms with E-state index in [9.17, 15) is 8.42 Å². The first-order chi connectivity index (χ1) is 13.5. The molecule has 8 nitrogen and oxygen atoms in total. The summed E-state index contributed by atoms with van der Waals surface area (Å²) in [5, 5.41) is 3.89. The van der Waals surface area contributed by atoms with Gasteiger partial charge in [-0.05, 0) is 37.2 Å². The number of ether oxygens (including phenoxy) is 3. The number of sulfonamides is 1. The third-order valence-corrected chi connectivity index (χ3v) is 7.34. The Morgan fingerprint density at radius 1 is 1.25 bits per heavy atom. The average Bonchev–Trinajstić information content (AvgIpc) is 3.25. The summed E-state index contributed by atoms with van der Waals surface area (Å²) in [6.45, 7) is 3.27. The minimum atomic E-state index is -3.69. The Kier molecular flexibility index (Phi) is 6.97. The molecule has 2 heterocycles. The maximum atomic E-state index is 13.1. The predicted octanol–water partition coefficient (Wildman–Crippen LogP) is 1.06. The molecule has 0 aliphatic carbocycles. The lowest BCUT2D eigenvalue weighted by Gasteiger charge is -2.35. The molecule has 10 heteroatoms. The van der Waals surface area contributed by atoms with Crippen LogP contribution in [0.15, 0.2) is 23.1 Å². The summed E-state index contributed by atoms with van der Waals surface area (Å²) in [6, 6.07) is 4.77. The van der Waals surface area contributed by atoms with Gasteiger partial charge in [0.05, 0.1) is 20.3 Å². The zero-order valence-corrected chi connectivity index (χ0v) is 17.9. The zero-order valence-electron chi connectivity index (χ0n) is 16.2. The Bertz CT molecular complexity index is 788. The first-order valence-corrected chi connectivity index (χ1v) is 11.2. The van der Waals surface area contributed by atoms with Crippen molar-refractivity contribution in [2.24, 2.45) is 0 Å². The fraction of sp³-hybridized carbons (Fsp3) is 0.611. The smallest absolute Gasteiger partial charge is 0.247 e. The van der Waals surface area contributed by atoms with Gasteiger partial charge in [0.2, 0.25) is 10.0 Å². The SMILES string of the molecule is COc1ccc(OC)c(S(=O)(=O)N2CCN(C(=S)NC[C@H]3CCCO3)CC2)c1. The molecule has 3 rings (SSSR count). The normalized spacial score (nSPS) is 20.8. The van der Waals surface area contributed by atoms with Gasteiger partial charge in [0, 0.05) is 45.4 Å². The van der Waals surface area contributed by atoms with Crippen LogP contribution in [-0.4, -0.2) is 82.4 Å². The first kappa shape index (κ1) is 21.1. The molecule has 1 aromatic rings. The van der Waals surface area contributed by atoms with Gasteiger partial charge >= 0.3 is 0 Å². The molecule has 0 saturated carbocycles. The number of nitrogens with zero attached hydrogens (tertiary/aromatic N) is 2. The first-order valence-electron chi connectivity index (χ1n) is 9.32. The van der Waals surface area contributed by atoms with E-state index in [1.807, 2.05) is 4.90 Å². The van der Waals surface area contributed by atoms with E-state index in [-0.39, 0.29) is 11.0 Å². The highest BCUT2D eigenvalue weighted by Crippen LogP contribution is 2.31. The second kappa shape index (κ2) is 9.25. The molecule has 0 bridgehead atoms. The summed E-state index contributed by atoms with van der Waals surface area (Å²) in [5.74, 6) is 0.773. The van der Waals surface area contributed by atoms with Gasteiger partial charge in [-0.1, -0.05) is 0 Å². The number of hydrogen-bond acceptors (Lipinski definition) is 6. The maximum Gasteiger partial charge on any atom is 0.247 e. The van der Waals surface area contributed by atoms with Gasteiger partial charge in [-0.15, -0.1) is 0 Å². The van der Waals surface area contributed by atoms with Crippen molar-refractivity contribution in [3.63, 3.8) is 0 Å². The van der Waals surface area contributed by atoms with Crippen LogP contribution in [0.1, 0.15) is 12.8 Å². The van der Waals surface area contributed by atoms with Crippen LogP contribution < -0.4 is 14.8 Å². The highest BCUT2D eigenvalue weighted by Gasteiger charge is 2.32. The van der Waals surface area contributed by atoms with Crippen LogP contribution in [0, 0.1) is 0 Å². The molecular formula is C18H27N3O5S2. The Hall–Kier alpha value is -1.62. The largest absolute Gasteiger partial charge is 0.497 e. The van der Waals surface area contributed by atoms with Crippen molar-refractivity contribution in [3.05, 3.63) is 18.2 Å². The van der Waals surface area contributed by atoms with E-state index in [0.29, 0.717) is 49.3 Å². The predicted molar refractivity (Wildman–Crippen MR) is 109 cm³/mol. The number of rotatable bonds is 6. The number of hydrogen-bond donors (Lipinski definition) is 1. The van der Waals surface area contributed by atoms with Crippen molar-refractivity contribution in [1.82, 2.24) is 14.5 Å². The zero-order chi connectivity index (χ0) is 20.1. The van der Waals surface area contributed by atoms with Gasteiger partial charge in [0.1, 0.15) is 16.4 Å². The fourth-order valence-electron chi connectivity index (χ4n) is 3.37. The molecule has 0 amide bonds. The van der Waals surface area contributed by atoms with Crippen molar-refractivity contribution in [1.29, 1.82) is 0 Å². The molecule has 2 aliphatic heterocycles. The lowest BCUT2D eigenvalue weighted by molar-refractivity contribution is 0.113. The second-order valence-corrected chi connectivity index (χ2v) is 9.02. The molecule has 0 spiro atoms. The quantitative estimate of drug-likeness (QED) is 0.673. The highest BCUT2D eigenvalue weighted by atomic mass is 32.2. The van der Waals surface area contributed by atoms with Crippen LogP contribution in [0.2, 0.25) is 0 Å². The lowest BCUT2D eigenvalue weighted by Crippen LogP contribution is -2.53. The standard InChI is InChI=1S/C18H27N3O5S2/c1-24-14-5-6-16(25-2)17(12-14)28(22,23)21-9-7-20(8-10-21)18(27)19-13-15-4-3-11-26-15/h5-6,12,15H,3-4,7-11,13H2,1-2H3,(H,19,27)/t15-/m1/s1. The van der Waals surface area contributed by atoms with E-state index in [4.69, 9.17) is 26.4 Å². The number of thiocarbonyl (C=S) groups is 1. The van der Waals surface area contributed by atoms with Crippen LogP contribution in [0.3, 0.4) is 0 Å². The molecule has 1 N–H and O–H groups in total. The summed E-state index contributed by atoms with van der Waals surface area (Å²) in [5.41, 5.74) is 0. The Labute approximate surface area is 171 Å². The Balaban J connectivity index is 1.61. The van der Waals surface area contributed by atoms with Crippen molar-refractivity contribution in [2.45, 2.75) is 23.8 Å². The van der Waals surface area contributed by atoms with Crippen LogP contribution in [0.25, 0.3) is 0 Å². The second-order valence-electron chi connectivity index (χ2n) is 6.73. The van der Waals surface area contributed by atoms with Crippen LogP contribution in [0.5, 0.6) is 11.5 Å². The summed E-state index contributed by atoms with van der Waals surface area (Å²) < 4.78 is 43.7.